The number of imidazole rings is 1. The molecule has 0 unspecified atom stereocenters. The van der Waals surface area contributed by atoms with Crippen LogP contribution in [-0.4, -0.2) is 46.7 Å². The summed E-state index contributed by atoms with van der Waals surface area (Å²) in [4.78, 5) is 33.3. The molecule has 0 N–H and O–H groups in total. The number of aromatic nitrogens is 7. The lowest BCUT2D eigenvalue weighted by Gasteiger charge is -2.31. The molecule has 1 amide bonds. The van der Waals surface area contributed by atoms with Gasteiger partial charge in [-0.05, 0) is 65.4 Å². The van der Waals surface area contributed by atoms with Crippen LogP contribution < -0.4 is 4.90 Å². The Morgan fingerprint density at radius 1 is 0.933 bits per heavy atom. The van der Waals surface area contributed by atoms with Crippen molar-refractivity contribution in [3.63, 3.8) is 0 Å². The van der Waals surface area contributed by atoms with Crippen molar-refractivity contribution in [1.29, 1.82) is 0 Å². The van der Waals surface area contributed by atoms with Gasteiger partial charge in [0.15, 0.2) is 5.69 Å². The standard InChI is InChI=1S/C33H27F3N8O/c1-3-20-10-24(22-14-38-18-39-15-22)30-27(11-20)29(4-6-40-30)44-8-5-23-25(28-17-42(2)41-31(28)33(34,35)36)12-21(13-26(23)32(44)45)16-43-9-7-37-19-43/h4,6-7,9-15,17-19H,3,5,8,16H2,1-2H3. The molecule has 0 spiro atoms. The zero-order chi connectivity index (χ0) is 31.3. The molecule has 12 heteroatoms. The molecule has 0 bridgehead atoms. The predicted molar refractivity (Wildman–Crippen MR) is 163 cm³/mol. The van der Waals surface area contributed by atoms with Gasteiger partial charge in [-0.25, -0.2) is 15.0 Å². The Balaban J connectivity index is 1.39. The minimum atomic E-state index is -4.66. The number of rotatable bonds is 6. The maximum atomic E-state index is 14.4. The number of hydrogen-bond donors (Lipinski definition) is 0. The van der Waals surface area contributed by atoms with E-state index in [0.717, 1.165) is 33.2 Å². The van der Waals surface area contributed by atoms with Crippen LogP contribution in [0, 0.1) is 0 Å². The highest BCUT2D eigenvalue weighted by atomic mass is 19.4. The van der Waals surface area contributed by atoms with Gasteiger partial charge in [-0.1, -0.05) is 6.92 Å². The summed E-state index contributed by atoms with van der Waals surface area (Å²) in [7, 11) is 1.46. The molecule has 0 saturated carbocycles. The van der Waals surface area contributed by atoms with Gasteiger partial charge >= 0.3 is 6.18 Å². The Morgan fingerprint density at radius 3 is 2.44 bits per heavy atom. The summed E-state index contributed by atoms with van der Waals surface area (Å²) in [6.07, 6.45) is 9.44. The van der Waals surface area contributed by atoms with Crippen LogP contribution in [-0.2, 0) is 32.6 Å². The van der Waals surface area contributed by atoms with Crippen molar-refractivity contribution in [2.24, 2.45) is 7.05 Å². The van der Waals surface area contributed by atoms with E-state index in [4.69, 9.17) is 0 Å². The van der Waals surface area contributed by atoms with Gasteiger partial charge in [0.05, 0.1) is 17.5 Å². The molecule has 226 valence electrons. The second kappa shape index (κ2) is 11.0. The van der Waals surface area contributed by atoms with E-state index in [9.17, 15) is 18.0 Å². The number of anilines is 1. The molecule has 0 aliphatic carbocycles. The van der Waals surface area contributed by atoms with Crippen molar-refractivity contribution in [3.8, 4) is 22.3 Å². The predicted octanol–water partition coefficient (Wildman–Crippen LogP) is 6.12. The number of aryl methyl sites for hydroxylation is 2. The van der Waals surface area contributed by atoms with E-state index < -0.39 is 11.9 Å². The Kier molecular flexibility index (Phi) is 6.91. The van der Waals surface area contributed by atoms with Crippen LogP contribution in [0.1, 0.15) is 39.7 Å². The highest BCUT2D eigenvalue weighted by Crippen LogP contribution is 2.41. The summed E-state index contributed by atoms with van der Waals surface area (Å²) < 4.78 is 45.4. The lowest BCUT2D eigenvalue weighted by Crippen LogP contribution is -2.38. The van der Waals surface area contributed by atoms with Gasteiger partial charge in [0.25, 0.3) is 5.91 Å². The van der Waals surface area contributed by atoms with Crippen molar-refractivity contribution in [2.75, 3.05) is 11.4 Å². The fourth-order valence-electron chi connectivity index (χ4n) is 6.11. The van der Waals surface area contributed by atoms with E-state index in [-0.39, 0.29) is 18.0 Å². The summed E-state index contributed by atoms with van der Waals surface area (Å²) >= 11 is 0. The molecule has 0 atom stereocenters. The Bertz CT molecular complexity index is 2050. The summed E-state index contributed by atoms with van der Waals surface area (Å²) in [6, 6.07) is 9.43. The number of halogens is 3. The highest BCUT2D eigenvalue weighted by molar-refractivity contribution is 6.14. The van der Waals surface area contributed by atoms with Crippen LogP contribution in [0.15, 0.2) is 80.2 Å². The average Bonchev–Trinajstić information content (AvgIpc) is 3.70. The fraction of sp³-hybridized carbons (Fsp3) is 0.212. The summed E-state index contributed by atoms with van der Waals surface area (Å²) in [5, 5.41) is 4.54. The third kappa shape index (κ3) is 5.11. The Labute approximate surface area is 256 Å². The first-order valence-electron chi connectivity index (χ1n) is 14.4. The smallest absolute Gasteiger partial charge is 0.333 e. The summed E-state index contributed by atoms with van der Waals surface area (Å²) in [6.45, 7) is 2.66. The van der Waals surface area contributed by atoms with Gasteiger partial charge in [0.1, 0.15) is 6.33 Å². The largest absolute Gasteiger partial charge is 0.435 e. The number of pyridine rings is 1. The molecule has 1 aliphatic heterocycles. The quantitative estimate of drug-likeness (QED) is 0.226. The Hall–Kier alpha value is -5.39. The molecular weight excluding hydrogens is 581 g/mol. The zero-order valence-corrected chi connectivity index (χ0v) is 24.5. The van der Waals surface area contributed by atoms with Crippen molar-refractivity contribution in [2.45, 2.75) is 32.5 Å². The zero-order valence-electron chi connectivity index (χ0n) is 24.5. The van der Waals surface area contributed by atoms with Crippen LogP contribution in [0.2, 0.25) is 0 Å². The molecule has 45 heavy (non-hydrogen) atoms. The van der Waals surface area contributed by atoms with Gasteiger partial charge in [0.2, 0.25) is 0 Å². The fourth-order valence-corrected chi connectivity index (χ4v) is 6.11. The molecule has 6 aromatic rings. The number of fused-ring (bicyclic) bond motifs is 2. The van der Waals surface area contributed by atoms with E-state index in [1.54, 1.807) is 54.3 Å². The molecular formula is C33H27F3N8O. The van der Waals surface area contributed by atoms with Gasteiger partial charge in [-0.15, -0.1) is 0 Å². The summed E-state index contributed by atoms with van der Waals surface area (Å²) in [5.41, 5.74) is 5.04. The van der Waals surface area contributed by atoms with E-state index in [1.807, 2.05) is 16.7 Å². The normalized spacial score (nSPS) is 13.4. The van der Waals surface area contributed by atoms with Gasteiger partial charge in [-0.3, -0.25) is 14.5 Å². The number of amides is 1. The Morgan fingerprint density at radius 2 is 1.71 bits per heavy atom. The van der Waals surface area contributed by atoms with Crippen molar-refractivity contribution in [3.05, 3.63) is 108 Å². The first kappa shape index (κ1) is 28.4. The lowest BCUT2D eigenvalue weighted by molar-refractivity contribution is -0.140. The molecule has 2 aromatic carbocycles. The monoisotopic (exact) mass is 608 g/mol. The maximum Gasteiger partial charge on any atom is 0.435 e. The van der Waals surface area contributed by atoms with E-state index in [0.29, 0.717) is 46.4 Å². The summed E-state index contributed by atoms with van der Waals surface area (Å²) in [5.74, 6) is -0.290. The first-order chi connectivity index (χ1) is 21.7. The van der Waals surface area contributed by atoms with Crippen molar-refractivity contribution < 1.29 is 18.0 Å². The molecule has 0 saturated heterocycles. The number of carbonyl (C=O) groups is 1. The maximum absolute atomic E-state index is 14.4. The number of hydrogen-bond acceptors (Lipinski definition) is 6. The minimum absolute atomic E-state index is 0.0494. The van der Waals surface area contributed by atoms with Crippen LogP contribution in [0.4, 0.5) is 18.9 Å². The minimum Gasteiger partial charge on any atom is -0.333 e. The van der Waals surface area contributed by atoms with Crippen molar-refractivity contribution >= 4 is 22.5 Å². The number of alkyl halides is 3. The first-order valence-corrected chi connectivity index (χ1v) is 14.4. The van der Waals surface area contributed by atoms with Crippen molar-refractivity contribution in [1.82, 2.24) is 34.3 Å². The van der Waals surface area contributed by atoms with E-state index in [1.165, 1.54) is 19.6 Å². The molecule has 7 rings (SSSR count). The van der Waals surface area contributed by atoms with Crippen LogP contribution in [0.3, 0.4) is 0 Å². The molecule has 5 heterocycles. The second-order valence-electron chi connectivity index (χ2n) is 11.0. The topological polar surface area (TPSA) is 94.6 Å². The van der Waals surface area contributed by atoms with Gasteiger partial charge in [-0.2, -0.15) is 18.3 Å². The molecule has 0 radical (unpaired) electrons. The SMILES string of the molecule is CCc1cc(-c2cncnc2)c2nccc(N3CCc4c(cc(Cn5ccnc5)cc4-c4cn(C)nc4C(F)(F)F)C3=O)c2c1. The average molecular weight is 609 g/mol. The van der Waals surface area contributed by atoms with Crippen LogP contribution in [0.25, 0.3) is 33.2 Å². The third-order valence-corrected chi connectivity index (χ3v) is 8.13. The number of carbonyl (C=O) groups excluding carboxylic acids is 1. The van der Waals surface area contributed by atoms with Crippen LogP contribution >= 0.6 is 0 Å². The number of nitrogens with zero attached hydrogens (tertiary/aromatic N) is 8. The van der Waals surface area contributed by atoms with Gasteiger partial charge < -0.3 is 9.47 Å². The van der Waals surface area contributed by atoms with Crippen LogP contribution in [0.5, 0.6) is 0 Å². The third-order valence-electron chi connectivity index (χ3n) is 8.13. The molecule has 4 aromatic heterocycles. The highest BCUT2D eigenvalue weighted by Gasteiger charge is 2.39. The van der Waals surface area contributed by atoms with E-state index in [2.05, 4.69) is 38.0 Å². The lowest BCUT2D eigenvalue weighted by atomic mass is 9.87. The van der Waals surface area contributed by atoms with E-state index >= 15 is 0 Å². The molecule has 1 aliphatic rings. The number of benzene rings is 2. The molecule has 0 fully saturated rings. The van der Waals surface area contributed by atoms with Gasteiger partial charge in [0, 0.05) is 85.0 Å². The second-order valence-corrected chi connectivity index (χ2v) is 11.0. The molecule has 9 nitrogen and oxygen atoms in total.